The number of carbonyl (C=O) groups is 1. The van der Waals surface area contributed by atoms with Gasteiger partial charge in [0.1, 0.15) is 23.3 Å². The van der Waals surface area contributed by atoms with Crippen LogP contribution in [-0.4, -0.2) is 31.7 Å². The van der Waals surface area contributed by atoms with Crippen LogP contribution in [0.1, 0.15) is 33.5 Å². The fourth-order valence-electron chi connectivity index (χ4n) is 3.20. The fourth-order valence-corrected chi connectivity index (χ4v) is 3.20. The molecule has 0 saturated heterocycles. The highest BCUT2D eigenvalue weighted by molar-refractivity contribution is 6.00. The molecular weight excluding hydrogens is 398 g/mol. The van der Waals surface area contributed by atoms with Gasteiger partial charge in [-0.25, -0.2) is 0 Å². The van der Waals surface area contributed by atoms with Crippen LogP contribution in [0.25, 0.3) is 0 Å². The third-order valence-electron chi connectivity index (χ3n) is 4.89. The molecule has 0 aliphatic heterocycles. The molecule has 0 fully saturated rings. The number of rotatable bonds is 9. The van der Waals surface area contributed by atoms with Crippen LogP contribution in [0.2, 0.25) is 0 Å². The van der Waals surface area contributed by atoms with Gasteiger partial charge in [-0.05, 0) is 55.3 Å². The Morgan fingerprint density at radius 1 is 1.03 bits per heavy atom. The van der Waals surface area contributed by atoms with Crippen LogP contribution in [0.15, 0.2) is 63.8 Å². The molecule has 0 amide bonds. The lowest BCUT2D eigenvalue weighted by atomic mass is 10.0. The Morgan fingerprint density at radius 2 is 1.61 bits per heavy atom. The summed E-state index contributed by atoms with van der Waals surface area (Å²) in [5.74, 6) is 0.680. The molecule has 0 saturated carbocycles. The van der Waals surface area contributed by atoms with E-state index in [0.29, 0.717) is 30.0 Å². The molecule has 1 atom stereocenters. The number of aryl methyl sites for hydroxylation is 1. The fraction of sp³-hybridized carbons (Fsp3) is 0.250. The summed E-state index contributed by atoms with van der Waals surface area (Å²) < 4.78 is 15.9. The normalized spacial score (nSPS) is 11.7. The molecule has 0 spiro atoms. The zero-order valence-corrected chi connectivity index (χ0v) is 17.7. The van der Waals surface area contributed by atoms with Crippen LogP contribution in [0, 0.1) is 6.92 Å². The second-order valence-electron chi connectivity index (χ2n) is 7.01. The Hall–Kier alpha value is -3.58. The molecule has 1 aromatic heterocycles. The number of ether oxygens (including phenoxy) is 2. The van der Waals surface area contributed by atoms with Crippen molar-refractivity contribution in [2.45, 2.75) is 19.4 Å². The van der Waals surface area contributed by atoms with E-state index in [9.17, 15) is 14.7 Å². The van der Waals surface area contributed by atoms with E-state index in [4.69, 9.17) is 13.9 Å². The van der Waals surface area contributed by atoms with E-state index >= 15 is 0 Å². The summed E-state index contributed by atoms with van der Waals surface area (Å²) in [6, 6.07) is 14.4. The van der Waals surface area contributed by atoms with E-state index < -0.39 is 17.2 Å². The molecule has 1 unspecified atom stereocenters. The third kappa shape index (κ3) is 5.32. The number of nitrogens with one attached hydrogen (secondary N) is 1. The average Bonchev–Trinajstić information content (AvgIpc) is 2.79. The molecular formula is C24H25NO6. The van der Waals surface area contributed by atoms with Crippen molar-refractivity contribution >= 4 is 5.78 Å². The maximum Gasteiger partial charge on any atom is 0.227 e. The van der Waals surface area contributed by atoms with Crippen LogP contribution in [0.4, 0.5) is 0 Å². The molecule has 162 valence electrons. The Morgan fingerprint density at radius 3 is 2.19 bits per heavy atom. The van der Waals surface area contributed by atoms with Gasteiger partial charge in [-0.3, -0.25) is 9.59 Å². The minimum absolute atomic E-state index is 0.0967. The number of methoxy groups -OCH3 is 2. The van der Waals surface area contributed by atoms with Crippen molar-refractivity contribution in [3.63, 3.8) is 0 Å². The zero-order valence-electron chi connectivity index (χ0n) is 17.7. The van der Waals surface area contributed by atoms with Gasteiger partial charge in [-0.1, -0.05) is 12.1 Å². The first-order valence-corrected chi connectivity index (χ1v) is 9.81. The third-order valence-corrected chi connectivity index (χ3v) is 4.89. The van der Waals surface area contributed by atoms with Gasteiger partial charge in [0.2, 0.25) is 11.2 Å². The van der Waals surface area contributed by atoms with E-state index in [-0.39, 0.29) is 11.5 Å². The highest BCUT2D eigenvalue weighted by atomic mass is 16.5. The number of ketones is 1. The van der Waals surface area contributed by atoms with Crippen molar-refractivity contribution in [3.8, 4) is 17.2 Å². The van der Waals surface area contributed by atoms with Crippen molar-refractivity contribution in [1.82, 2.24) is 5.32 Å². The van der Waals surface area contributed by atoms with Crippen molar-refractivity contribution in [2.24, 2.45) is 0 Å². The van der Waals surface area contributed by atoms with Gasteiger partial charge in [-0.2, -0.15) is 0 Å². The lowest BCUT2D eigenvalue weighted by Gasteiger charge is -2.18. The second kappa shape index (κ2) is 9.95. The Kier molecular flexibility index (Phi) is 7.10. The van der Waals surface area contributed by atoms with Crippen LogP contribution >= 0.6 is 0 Å². The number of benzene rings is 2. The first kappa shape index (κ1) is 22.1. The van der Waals surface area contributed by atoms with Crippen LogP contribution < -0.4 is 20.2 Å². The first-order chi connectivity index (χ1) is 14.9. The Balaban J connectivity index is 1.86. The number of hydrogen-bond acceptors (Lipinski definition) is 7. The second-order valence-corrected chi connectivity index (χ2v) is 7.01. The predicted octanol–water partition coefficient (Wildman–Crippen LogP) is 3.43. The molecule has 7 heteroatoms. The Labute approximate surface area is 180 Å². The molecule has 0 aliphatic carbocycles. The highest BCUT2D eigenvalue weighted by Gasteiger charge is 2.28. The van der Waals surface area contributed by atoms with Gasteiger partial charge in [0.25, 0.3) is 0 Å². The van der Waals surface area contributed by atoms with Crippen LogP contribution in [0.5, 0.6) is 17.2 Å². The minimum atomic E-state index is -1.03. The summed E-state index contributed by atoms with van der Waals surface area (Å²) in [6.07, 6.45) is 0.618. The van der Waals surface area contributed by atoms with E-state index in [0.717, 1.165) is 11.3 Å². The summed E-state index contributed by atoms with van der Waals surface area (Å²) in [4.78, 5) is 25.3. The molecule has 3 rings (SSSR count). The van der Waals surface area contributed by atoms with E-state index in [1.807, 2.05) is 24.3 Å². The van der Waals surface area contributed by atoms with Gasteiger partial charge in [0, 0.05) is 18.2 Å². The summed E-state index contributed by atoms with van der Waals surface area (Å²) in [5, 5.41) is 13.4. The lowest BCUT2D eigenvalue weighted by molar-refractivity contribution is 0.0926. The van der Waals surface area contributed by atoms with E-state index in [2.05, 4.69) is 5.32 Å². The predicted molar refractivity (Wildman–Crippen MR) is 116 cm³/mol. The SMILES string of the molecule is COc1ccc(CCNC(C(=O)c2ccc(OC)cc2)c2oc(C)cc(=O)c2O)cc1. The largest absolute Gasteiger partial charge is 0.502 e. The van der Waals surface area contributed by atoms with Gasteiger partial charge in [-0.15, -0.1) is 0 Å². The summed E-state index contributed by atoms with van der Waals surface area (Å²) in [6.45, 7) is 2.01. The van der Waals surface area contributed by atoms with Gasteiger partial charge in [0.05, 0.1) is 14.2 Å². The highest BCUT2D eigenvalue weighted by Crippen LogP contribution is 2.26. The van der Waals surface area contributed by atoms with Crippen molar-refractivity contribution in [3.05, 3.63) is 87.5 Å². The molecule has 0 radical (unpaired) electrons. The molecule has 3 aromatic rings. The number of carbonyl (C=O) groups excluding carboxylic acids is 1. The zero-order chi connectivity index (χ0) is 22.4. The molecule has 2 aromatic carbocycles. The molecule has 0 aliphatic rings. The van der Waals surface area contributed by atoms with Crippen molar-refractivity contribution < 1.29 is 23.8 Å². The monoisotopic (exact) mass is 423 g/mol. The maximum atomic E-state index is 13.3. The Bertz CT molecular complexity index is 1090. The number of hydrogen-bond donors (Lipinski definition) is 2. The average molecular weight is 423 g/mol. The molecule has 7 nitrogen and oxygen atoms in total. The van der Waals surface area contributed by atoms with E-state index in [1.165, 1.54) is 6.07 Å². The number of aromatic hydroxyl groups is 1. The molecule has 0 bridgehead atoms. The van der Waals surface area contributed by atoms with Crippen molar-refractivity contribution in [2.75, 3.05) is 20.8 Å². The topological polar surface area (TPSA) is 98.0 Å². The van der Waals surface area contributed by atoms with Gasteiger partial charge >= 0.3 is 0 Å². The van der Waals surface area contributed by atoms with Gasteiger partial charge in [0.15, 0.2) is 11.5 Å². The van der Waals surface area contributed by atoms with Crippen LogP contribution in [-0.2, 0) is 6.42 Å². The maximum absolute atomic E-state index is 13.3. The number of Topliss-reactive ketones (excluding diaryl/α,β-unsaturated/α-hetero) is 1. The molecule has 1 heterocycles. The molecule has 31 heavy (non-hydrogen) atoms. The van der Waals surface area contributed by atoms with Crippen LogP contribution in [0.3, 0.4) is 0 Å². The standard InChI is InChI=1S/C24H25NO6/c1-15-14-20(26)23(28)24(31-15)21(22(27)17-6-10-19(30-3)11-7-17)25-13-12-16-4-8-18(29-2)9-5-16/h4-11,14,21,25,28H,12-13H2,1-3H3. The molecule has 2 N–H and O–H groups in total. The minimum Gasteiger partial charge on any atom is -0.502 e. The van der Waals surface area contributed by atoms with E-state index in [1.54, 1.807) is 45.4 Å². The summed E-state index contributed by atoms with van der Waals surface area (Å²) in [5.41, 5.74) is 0.841. The van der Waals surface area contributed by atoms with Crippen molar-refractivity contribution in [1.29, 1.82) is 0 Å². The lowest BCUT2D eigenvalue weighted by Crippen LogP contribution is -2.31. The summed E-state index contributed by atoms with van der Waals surface area (Å²) in [7, 11) is 3.15. The quantitative estimate of drug-likeness (QED) is 0.509. The first-order valence-electron chi connectivity index (χ1n) is 9.81. The smallest absolute Gasteiger partial charge is 0.227 e. The summed E-state index contributed by atoms with van der Waals surface area (Å²) >= 11 is 0. The van der Waals surface area contributed by atoms with Gasteiger partial charge < -0.3 is 24.3 Å².